The smallest absolute Gasteiger partial charge is 0.253 e. The van der Waals surface area contributed by atoms with Crippen LogP contribution in [0.5, 0.6) is 0 Å². The highest BCUT2D eigenvalue weighted by Gasteiger charge is 2.43. The maximum absolute atomic E-state index is 12.3. The van der Waals surface area contributed by atoms with Crippen molar-refractivity contribution in [2.45, 2.75) is 19.1 Å². The number of thiazole rings is 1. The third kappa shape index (κ3) is 3.78. The van der Waals surface area contributed by atoms with Gasteiger partial charge in [0.15, 0.2) is 0 Å². The van der Waals surface area contributed by atoms with E-state index in [1.165, 1.54) is 0 Å². The lowest BCUT2D eigenvalue weighted by Gasteiger charge is -2.42. The highest BCUT2D eigenvalue weighted by molar-refractivity contribution is 7.09. The Balaban J connectivity index is 1.51. The van der Waals surface area contributed by atoms with Crippen LogP contribution in [0.15, 0.2) is 22.2 Å². The number of carbonyl (C=O) groups is 1. The molecular weight excluding hydrogens is 358 g/mol. The summed E-state index contributed by atoms with van der Waals surface area (Å²) in [5.41, 5.74) is 1.54. The molecule has 1 unspecified atom stereocenters. The summed E-state index contributed by atoms with van der Waals surface area (Å²) < 4.78 is 11.9. The standard InChI is InChI=1S/C17H21N3O3S2/c1-13-18-14(8-25-13)6-19-3-4-22-12-17(10-19)11-20(16(21)7-23-17)15-2-5-24-9-15/h2,5,8-9H,3-4,6-7,10-12H2,1H3. The summed E-state index contributed by atoms with van der Waals surface area (Å²) in [5, 5.41) is 7.19. The Morgan fingerprint density at radius 1 is 1.36 bits per heavy atom. The number of carbonyl (C=O) groups excluding carboxylic acids is 1. The molecule has 8 heteroatoms. The first kappa shape index (κ1) is 17.1. The molecule has 4 heterocycles. The molecule has 1 atom stereocenters. The van der Waals surface area contributed by atoms with E-state index in [9.17, 15) is 4.79 Å². The molecule has 6 nitrogen and oxygen atoms in total. The molecule has 25 heavy (non-hydrogen) atoms. The van der Waals surface area contributed by atoms with Crippen LogP contribution < -0.4 is 4.90 Å². The van der Waals surface area contributed by atoms with Crippen LogP contribution in [0.1, 0.15) is 10.7 Å². The van der Waals surface area contributed by atoms with Crippen LogP contribution in [-0.2, 0) is 20.8 Å². The summed E-state index contributed by atoms with van der Waals surface area (Å²) in [6.45, 7) is 6.18. The van der Waals surface area contributed by atoms with Crippen molar-refractivity contribution < 1.29 is 14.3 Å². The molecule has 0 aliphatic carbocycles. The minimum absolute atomic E-state index is 0.00921. The van der Waals surface area contributed by atoms with Gasteiger partial charge in [0.2, 0.25) is 0 Å². The molecule has 4 rings (SSSR count). The minimum Gasteiger partial charge on any atom is -0.377 e. The van der Waals surface area contributed by atoms with Gasteiger partial charge in [0, 0.05) is 30.4 Å². The fraction of sp³-hybridized carbons (Fsp3) is 0.529. The number of morpholine rings is 1. The summed E-state index contributed by atoms with van der Waals surface area (Å²) in [7, 11) is 0. The van der Waals surface area contributed by atoms with E-state index in [0.29, 0.717) is 19.8 Å². The number of aromatic nitrogens is 1. The van der Waals surface area contributed by atoms with Gasteiger partial charge in [-0.15, -0.1) is 11.3 Å². The Labute approximate surface area is 155 Å². The van der Waals surface area contributed by atoms with Crippen LogP contribution in [0.25, 0.3) is 0 Å². The summed E-state index contributed by atoms with van der Waals surface area (Å²) in [4.78, 5) is 21.0. The van der Waals surface area contributed by atoms with Crippen molar-refractivity contribution in [1.82, 2.24) is 9.88 Å². The van der Waals surface area contributed by atoms with Crippen molar-refractivity contribution in [3.8, 4) is 0 Å². The topological polar surface area (TPSA) is 54.9 Å². The van der Waals surface area contributed by atoms with E-state index < -0.39 is 5.60 Å². The number of amides is 1. The van der Waals surface area contributed by atoms with Crippen LogP contribution in [0.2, 0.25) is 0 Å². The molecule has 0 bridgehead atoms. The first-order valence-electron chi connectivity index (χ1n) is 8.31. The Morgan fingerprint density at radius 2 is 2.28 bits per heavy atom. The van der Waals surface area contributed by atoms with Crippen molar-refractivity contribution in [2.24, 2.45) is 0 Å². The van der Waals surface area contributed by atoms with E-state index in [4.69, 9.17) is 9.47 Å². The molecule has 1 amide bonds. The quantitative estimate of drug-likeness (QED) is 0.818. The predicted octanol–water partition coefficient (Wildman–Crippen LogP) is 2.15. The van der Waals surface area contributed by atoms with Crippen molar-refractivity contribution in [1.29, 1.82) is 0 Å². The molecule has 0 radical (unpaired) electrons. The Bertz CT molecular complexity index is 733. The molecule has 0 N–H and O–H groups in total. The Morgan fingerprint density at radius 3 is 3.04 bits per heavy atom. The highest BCUT2D eigenvalue weighted by Crippen LogP contribution is 2.29. The number of aryl methyl sites for hydroxylation is 1. The second-order valence-corrected chi connectivity index (χ2v) is 8.40. The summed E-state index contributed by atoms with van der Waals surface area (Å²) in [6, 6.07) is 1.98. The third-order valence-corrected chi connectivity index (χ3v) is 6.04. The molecule has 2 aromatic rings. The molecule has 2 aromatic heterocycles. The number of rotatable bonds is 3. The van der Waals surface area contributed by atoms with E-state index in [2.05, 4.69) is 15.3 Å². The van der Waals surface area contributed by atoms with Crippen LogP contribution in [0.3, 0.4) is 0 Å². The zero-order valence-corrected chi connectivity index (χ0v) is 15.8. The SMILES string of the molecule is Cc1nc(CN2CCOCC3(C2)CN(c2ccsc2)C(=O)CO3)cs1. The summed E-state index contributed by atoms with van der Waals surface area (Å²) >= 11 is 3.27. The Hall–Kier alpha value is -1.32. The van der Waals surface area contributed by atoms with Gasteiger partial charge in [-0.1, -0.05) is 0 Å². The zero-order chi connectivity index (χ0) is 17.3. The molecule has 2 aliphatic rings. The van der Waals surface area contributed by atoms with Crippen LogP contribution >= 0.6 is 22.7 Å². The number of hydrogen-bond donors (Lipinski definition) is 0. The lowest BCUT2D eigenvalue weighted by molar-refractivity contribution is -0.146. The first-order valence-corrected chi connectivity index (χ1v) is 10.1. The van der Waals surface area contributed by atoms with Crippen molar-refractivity contribution in [3.63, 3.8) is 0 Å². The normalized spacial score (nSPS) is 25.5. The van der Waals surface area contributed by atoms with Gasteiger partial charge in [-0.2, -0.15) is 11.3 Å². The van der Waals surface area contributed by atoms with E-state index in [1.807, 2.05) is 28.7 Å². The lowest BCUT2D eigenvalue weighted by Crippen LogP contribution is -2.60. The first-order chi connectivity index (χ1) is 12.1. The minimum atomic E-state index is -0.489. The second kappa shape index (κ2) is 7.13. The van der Waals surface area contributed by atoms with Gasteiger partial charge in [0.05, 0.1) is 36.1 Å². The van der Waals surface area contributed by atoms with Gasteiger partial charge < -0.3 is 14.4 Å². The van der Waals surface area contributed by atoms with Gasteiger partial charge >= 0.3 is 0 Å². The molecular formula is C17H21N3O3S2. The largest absolute Gasteiger partial charge is 0.377 e. The van der Waals surface area contributed by atoms with Gasteiger partial charge in [-0.05, 0) is 18.4 Å². The van der Waals surface area contributed by atoms with Gasteiger partial charge in [-0.25, -0.2) is 4.98 Å². The monoisotopic (exact) mass is 379 g/mol. The third-order valence-electron chi connectivity index (χ3n) is 4.55. The lowest BCUT2D eigenvalue weighted by atomic mass is 10.0. The van der Waals surface area contributed by atoms with Crippen molar-refractivity contribution in [3.05, 3.63) is 32.9 Å². The predicted molar refractivity (Wildman–Crippen MR) is 98.3 cm³/mol. The second-order valence-electron chi connectivity index (χ2n) is 6.55. The van der Waals surface area contributed by atoms with E-state index >= 15 is 0 Å². The highest BCUT2D eigenvalue weighted by atomic mass is 32.1. The van der Waals surface area contributed by atoms with Gasteiger partial charge in [0.25, 0.3) is 5.91 Å². The van der Waals surface area contributed by atoms with Crippen molar-refractivity contribution in [2.75, 3.05) is 44.4 Å². The maximum Gasteiger partial charge on any atom is 0.253 e. The van der Waals surface area contributed by atoms with Crippen LogP contribution in [-0.4, -0.2) is 60.8 Å². The molecule has 134 valence electrons. The molecule has 1 spiro atoms. The summed E-state index contributed by atoms with van der Waals surface area (Å²) in [6.07, 6.45) is 0. The number of ether oxygens (including phenoxy) is 2. The number of hydrogen-bond acceptors (Lipinski definition) is 7. The van der Waals surface area contributed by atoms with Gasteiger partial charge in [-0.3, -0.25) is 9.69 Å². The fourth-order valence-electron chi connectivity index (χ4n) is 3.37. The summed E-state index contributed by atoms with van der Waals surface area (Å²) in [5.74, 6) is 0.00921. The molecule has 2 fully saturated rings. The fourth-order valence-corrected chi connectivity index (χ4v) is 4.62. The molecule has 0 aromatic carbocycles. The number of thiophene rings is 1. The maximum atomic E-state index is 12.3. The molecule has 0 saturated carbocycles. The van der Waals surface area contributed by atoms with E-state index in [-0.39, 0.29) is 12.5 Å². The van der Waals surface area contributed by atoms with Gasteiger partial charge in [0.1, 0.15) is 12.2 Å². The average molecular weight is 380 g/mol. The number of nitrogens with zero attached hydrogens (tertiary/aromatic N) is 3. The number of anilines is 1. The average Bonchev–Trinajstić information content (AvgIpc) is 3.22. The molecule has 2 aliphatic heterocycles. The van der Waals surface area contributed by atoms with Crippen LogP contribution in [0, 0.1) is 6.92 Å². The van der Waals surface area contributed by atoms with E-state index in [0.717, 1.165) is 36.0 Å². The van der Waals surface area contributed by atoms with Crippen LogP contribution in [0.4, 0.5) is 5.69 Å². The van der Waals surface area contributed by atoms with Crippen molar-refractivity contribution >= 4 is 34.3 Å². The molecule has 2 saturated heterocycles. The van der Waals surface area contributed by atoms with E-state index in [1.54, 1.807) is 22.7 Å². The Kier molecular flexibility index (Phi) is 4.88. The zero-order valence-electron chi connectivity index (χ0n) is 14.1.